The van der Waals surface area contributed by atoms with Crippen molar-refractivity contribution in [3.63, 3.8) is 0 Å². The van der Waals surface area contributed by atoms with E-state index >= 15 is 0 Å². The summed E-state index contributed by atoms with van der Waals surface area (Å²) in [5.41, 5.74) is 0.949. The Kier molecular flexibility index (Phi) is 5.92. The van der Waals surface area contributed by atoms with Crippen molar-refractivity contribution in [2.75, 3.05) is 27.8 Å². The average Bonchev–Trinajstić information content (AvgIpc) is 2.70. The fraction of sp³-hybridized carbons (Fsp3) is 0.304. The number of benzene rings is 3. The molecule has 0 radical (unpaired) electrons. The maximum absolute atomic E-state index is 11.8. The van der Waals surface area contributed by atoms with E-state index in [1.165, 1.54) is 6.92 Å². The molecule has 0 saturated heterocycles. The van der Waals surface area contributed by atoms with Gasteiger partial charge in [-0.3, -0.25) is 9.59 Å². The lowest BCUT2D eigenvalue weighted by Gasteiger charge is -2.20. The Balaban J connectivity index is 2.36. The molecule has 0 fully saturated rings. The molecule has 152 valence electrons. The lowest BCUT2D eigenvalue weighted by Crippen LogP contribution is -2.26. The van der Waals surface area contributed by atoms with Crippen LogP contribution in [0.4, 0.5) is 0 Å². The van der Waals surface area contributed by atoms with Crippen LogP contribution in [0.25, 0.3) is 21.5 Å². The van der Waals surface area contributed by atoms with Crippen LogP contribution in [-0.4, -0.2) is 44.6 Å². The molecule has 1 amide bonds. The molecule has 0 aliphatic carbocycles. The summed E-state index contributed by atoms with van der Waals surface area (Å²) < 4.78 is 16.7. The molecule has 0 aromatic heterocycles. The molecule has 0 aliphatic heterocycles. The first-order chi connectivity index (χ1) is 13.9. The van der Waals surface area contributed by atoms with Crippen LogP contribution >= 0.6 is 0 Å². The summed E-state index contributed by atoms with van der Waals surface area (Å²) in [6.45, 7) is 3.44. The lowest BCUT2D eigenvalue weighted by atomic mass is 9.94. The van der Waals surface area contributed by atoms with Crippen molar-refractivity contribution in [3.8, 4) is 17.2 Å². The Hall–Kier alpha value is -3.28. The fourth-order valence-corrected chi connectivity index (χ4v) is 3.52. The van der Waals surface area contributed by atoms with Crippen molar-refractivity contribution in [2.24, 2.45) is 0 Å². The second kappa shape index (κ2) is 8.39. The SMILES string of the molecule is COc1ccc2ccc3ccc(OC)c(OC(C)=O)c3c2c1CCN(C)C(C)=O. The van der Waals surface area contributed by atoms with Gasteiger partial charge in [0, 0.05) is 43.8 Å². The third kappa shape index (κ3) is 3.97. The molecule has 3 aromatic carbocycles. The van der Waals surface area contributed by atoms with Crippen LogP contribution in [0.5, 0.6) is 17.2 Å². The van der Waals surface area contributed by atoms with Gasteiger partial charge in [-0.05, 0) is 29.3 Å². The van der Waals surface area contributed by atoms with Gasteiger partial charge in [-0.15, -0.1) is 0 Å². The van der Waals surface area contributed by atoms with E-state index in [1.54, 1.807) is 39.2 Å². The van der Waals surface area contributed by atoms with Gasteiger partial charge in [0.2, 0.25) is 5.91 Å². The standard InChI is InChI=1S/C23H25NO5/c1-14(25)24(3)13-12-18-19(27-4)10-8-16-6-7-17-9-11-20(28-5)23(29-15(2)26)22(17)21(16)18/h6-11H,12-13H2,1-5H3. The van der Waals surface area contributed by atoms with Crippen LogP contribution in [0.1, 0.15) is 19.4 Å². The van der Waals surface area contributed by atoms with Gasteiger partial charge < -0.3 is 19.1 Å². The Morgan fingerprint density at radius 2 is 1.41 bits per heavy atom. The molecule has 0 atom stereocenters. The van der Waals surface area contributed by atoms with E-state index in [-0.39, 0.29) is 5.91 Å². The lowest BCUT2D eigenvalue weighted by molar-refractivity contribution is -0.132. The van der Waals surface area contributed by atoms with Crippen LogP contribution in [0.3, 0.4) is 0 Å². The second-order valence-electron chi connectivity index (χ2n) is 6.89. The van der Waals surface area contributed by atoms with Gasteiger partial charge in [0.25, 0.3) is 0 Å². The van der Waals surface area contributed by atoms with Gasteiger partial charge in [-0.1, -0.05) is 24.3 Å². The topological polar surface area (TPSA) is 65.1 Å². The molecule has 0 spiro atoms. The highest BCUT2D eigenvalue weighted by Crippen LogP contribution is 2.43. The normalized spacial score (nSPS) is 10.8. The Labute approximate surface area is 170 Å². The molecule has 0 unspecified atom stereocenters. The number of hydrogen-bond acceptors (Lipinski definition) is 5. The van der Waals surface area contributed by atoms with Crippen LogP contribution in [0, 0.1) is 0 Å². The molecule has 6 heteroatoms. The zero-order chi connectivity index (χ0) is 21.1. The monoisotopic (exact) mass is 395 g/mol. The molecule has 0 heterocycles. The van der Waals surface area contributed by atoms with Crippen molar-refractivity contribution in [1.29, 1.82) is 0 Å². The third-order valence-corrected chi connectivity index (χ3v) is 5.07. The van der Waals surface area contributed by atoms with Crippen molar-refractivity contribution < 1.29 is 23.8 Å². The van der Waals surface area contributed by atoms with E-state index in [0.717, 1.165) is 32.9 Å². The van der Waals surface area contributed by atoms with E-state index in [0.29, 0.717) is 24.5 Å². The van der Waals surface area contributed by atoms with Gasteiger partial charge in [0.05, 0.1) is 14.2 Å². The molecular formula is C23H25NO5. The fourth-order valence-electron chi connectivity index (χ4n) is 3.52. The summed E-state index contributed by atoms with van der Waals surface area (Å²) in [6.07, 6.45) is 0.590. The van der Waals surface area contributed by atoms with Crippen LogP contribution in [-0.2, 0) is 16.0 Å². The number of carbonyl (C=O) groups is 2. The van der Waals surface area contributed by atoms with Gasteiger partial charge in [0.15, 0.2) is 11.5 Å². The van der Waals surface area contributed by atoms with Gasteiger partial charge >= 0.3 is 5.97 Å². The molecule has 0 aliphatic rings. The van der Waals surface area contributed by atoms with E-state index < -0.39 is 5.97 Å². The minimum Gasteiger partial charge on any atom is -0.496 e. The maximum atomic E-state index is 11.8. The molecular weight excluding hydrogens is 370 g/mol. The smallest absolute Gasteiger partial charge is 0.308 e. The summed E-state index contributed by atoms with van der Waals surface area (Å²) in [5.74, 6) is 1.16. The van der Waals surface area contributed by atoms with Gasteiger partial charge in [-0.2, -0.15) is 0 Å². The zero-order valence-corrected chi connectivity index (χ0v) is 17.4. The van der Waals surface area contributed by atoms with Crippen LogP contribution < -0.4 is 14.2 Å². The number of carbonyl (C=O) groups excluding carboxylic acids is 2. The molecule has 0 bridgehead atoms. The predicted octanol–water partition coefficient (Wildman–Crippen LogP) is 3.96. The number of rotatable bonds is 6. The number of ether oxygens (including phenoxy) is 3. The first-order valence-electron chi connectivity index (χ1n) is 9.36. The quantitative estimate of drug-likeness (QED) is 0.359. The summed E-state index contributed by atoms with van der Waals surface area (Å²) in [4.78, 5) is 25.2. The first kappa shape index (κ1) is 20.5. The minimum atomic E-state index is -0.423. The zero-order valence-electron chi connectivity index (χ0n) is 17.4. The van der Waals surface area contributed by atoms with E-state index in [2.05, 4.69) is 0 Å². The highest BCUT2D eigenvalue weighted by atomic mass is 16.6. The average molecular weight is 395 g/mol. The Morgan fingerprint density at radius 3 is 1.97 bits per heavy atom. The van der Waals surface area contributed by atoms with E-state index in [4.69, 9.17) is 14.2 Å². The Bertz CT molecular complexity index is 1090. The molecule has 0 N–H and O–H groups in total. The number of fused-ring (bicyclic) bond motifs is 3. The van der Waals surface area contributed by atoms with Crippen molar-refractivity contribution in [2.45, 2.75) is 20.3 Å². The van der Waals surface area contributed by atoms with Crippen LogP contribution in [0.2, 0.25) is 0 Å². The molecule has 3 rings (SSSR count). The first-order valence-corrected chi connectivity index (χ1v) is 9.36. The third-order valence-electron chi connectivity index (χ3n) is 5.07. The summed E-state index contributed by atoms with van der Waals surface area (Å²) >= 11 is 0. The molecule has 0 saturated carbocycles. The summed E-state index contributed by atoms with van der Waals surface area (Å²) in [5, 5.41) is 3.62. The molecule has 3 aromatic rings. The minimum absolute atomic E-state index is 0.00340. The van der Waals surface area contributed by atoms with Crippen molar-refractivity contribution in [3.05, 3.63) is 42.0 Å². The largest absolute Gasteiger partial charge is 0.496 e. The van der Waals surface area contributed by atoms with Crippen molar-refractivity contribution in [1.82, 2.24) is 4.90 Å². The number of esters is 1. The van der Waals surface area contributed by atoms with E-state index in [1.807, 2.05) is 30.3 Å². The van der Waals surface area contributed by atoms with Crippen molar-refractivity contribution >= 4 is 33.4 Å². The Morgan fingerprint density at radius 1 is 0.862 bits per heavy atom. The van der Waals surface area contributed by atoms with Gasteiger partial charge in [-0.25, -0.2) is 0 Å². The number of likely N-dealkylation sites (N-methyl/N-ethyl adjacent to an activating group) is 1. The molecule has 6 nitrogen and oxygen atoms in total. The second-order valence-corrected chi connectivity index (χ2v) is 6.89. The molecule has 29 heavy (non-hydrogen) atoms. The predicted molar refractivity (Wildman–Crippen MR) is 113 cm³/mol. The highest BCUT2D eigenvalue weighted by molar-refractivity contribution is 6.14. The maximum Gasteiger partial charge on any atom is 0.308 e. The van der Waals surface area contributed by atoms with Gasteiger partial charge in [0.1, 0.15) is 5.75 Å². The summed E-state index contributed by atoms with van der Waals surface area (Å²) in [6, 6.07) is 11.6. The highest BCUT2D eigenvalue weighted by Gasteiger charge is 2.19. The number of methoxy groups -OCH3 is 2. The summed E-state index contributed by atoms with van der Waals surface area (Å²) in [7, 11) is 4.94. The number of nitrogens with zero attached hydrogens (tertiary/aromatic N) is 1. The number of hydrogen-bond donors (Lipinski definition) is 0. The van der Waals surface area contributed by atoms with Crippen LogP contribution in [0.15, 0.2) is 36.4 Å². The number of amides is 1. The van der Waals surface area contributed by atoms with E-state index in [9.17, 15) is 9.59 Å².